The Balaban J connectivity index is 2.20. The number of anilines is 1. The summed E-state index contributed by atoms with van der Waals surface area (Å²) >= 11 is 13.8. The van der Waals surface area contributed by atoms with E-state index < -0.39 is 0 Å². The standard InChI is InChI=1S/C14H9Cl2N3OS/c1-7(20)18-13-12-10(5-6-17-13)19-14(21-12)11-8(15)3-2-4-9(11)16/h2-6H,1H3,(H,17,18,20). The van der Waals surface area contributed by atoms with E-state index >= 15 is 0 Å². The molecule has 1 aromatic carbocycles. The van der Waals surface area contributed by atoms with Crippen molar-refractivity contribution in [3.05, 3.63) is 40.5 Å². The monoisotopic (exact) mass is 337 g/mol. The molecule has 0 bridgehead atoms. The first-order chi connectivity index (χ1) is 10.1. The molecular weight excluding hydrogens is 329 g/mol. The largest absolute Gasteiger partial charge is 0.310 e. The van der Waals surface area contributed by atoms with Gasteiger partial charge in [0.1, 0.15) is 5.01 Å². The summed E-state index contributed by atoms with van der Waals surface area (Å²) < 4.78 is 0.790. The molecule has 1 N–H and O–H groups in total. The molecule has 1 amide bonds. The third-order valence-electron chi connectivity index (χ3n) is 2.78. The van der Waals surface area contributed by atoms with Gasteiger partial charge in [-0.1, -0.05) is 29.3 Å². The van der Waals surface area contributed by atoms with Crippen molar-refractivity contribution in [2.75, 3.05) is 5.32 Å². The van der Waals surface area contributed by atoms with Crippen molar-refractivity contribution in [3.8, 4) is 10.6 Å². The van der Waals surface area contributed by atoms with Crippen LogP contribution in [-0.2, 0) is 4.79 Å². The lowest BCUT2D eigenvalue weighted by molar-refractivity contribution is -0.114. The second-order valence-corrected chi connectivity index (χ2v) is 6.12. The summed E-state index contributed by atoms with van der Waals surface area (Å²) in [7, 11) is 0. The molecule has 0 radical (unpaired) electrons. The minimum Gasteiger partial charge on any atom is -0.310 e. The van der Waals surface area contributed by atoms with Crippen molar-refractivity contribution in [1.82, 2.24) is 9.97 Å². The van der Waals surface area contributed by atoms with Crippen LogP contribution in [0.1, 0.15) is 6.92 Å². The zero-order chi connectivity index (χ0) is 15.0. The highest BCUT2D eigenvalue weighted by Crippen LogP contribution is 2.40. The minimum absolute atomic E-state index is 0.180. The van der Waals surface area contributed by atoms with E-state index in [0.29, 0.717) is 26.4 Å². The number of benzene rings is 1. The molecular formula is C14H9Cl2N3OS. The number of aromatic nitrogens is 2. The number of pyridine rings is 1. The van der Waals surface area contributed by atoms with Crippen molar-refractivity contribution in [1.29, 1.82) is 0 Å². The number of hydrogen-bond donors (Lipinski definition) is 1. The van der Waals surface area contributed by atoms with Crippen molar-refractivity contribution < 1.29 is 4.79 Å². The minimum atomic E-state index is -0.180. The maximum absolute atomic E-state index is 11.2. The lowest BCUT2D eigenvalue weighted by Gasteiger charge is -2.02. The summed E-state index contributed by atoms with van der Waals surface area (Å²) in [6, 6.07) is 7.10. The van der Waals surface area contributed by atoms with Crippen LogP contribution < -0.4 is 5.32 Å². The molecule has 2 aromatic heterocycles. The summed E-state index contributed by atoms with van der Waals surface area (Å²) in [6.45, 7) is 1.44. The van der Waals surface area contributed by atoms with Crippen LogP contribution in [0.25, 0.3) is 20.8 Å². The van der Waals surface area contributed by atoms with E-state index in [-0.39, 0.29) is 5.91 Å². The molecule has 0 spiro atoms. The number of amides is 1. The molecule has 7 heteroatoms. The maximum Gasteiger partial charge on any atom is 0.222 e. The Bertz CT molecular complexity index is 827. The van der Waals surface area contributed by atoms with E-state index in [0.717, 1.165) is 10.2 Å². The van der Waals surface area contributed by atoms with Gasteiger partial charge in [0, 0.05) is 18.7 Å². The molecule has 0 saturated carbocycles. The number of carbonyl (C=O) groups excluding carboxylic acids is 1. The summed E-state index contributed by atoms with van der Waals surface area (Å²) in [4.78, 5) is 19.9. The summed E-state index contributed by atoms with van der Waals surface area (Å²) in [5.41, 5.74) is 1.43. The van der Waals surface area contributed by atoms with Gasteiger partial charge in [0.05, 0.1) is 20.3 Å². The summed E-state index contributed by atoms with van der Waals surface area (Å²) in [5, 5.41) is 4.47. The molecule has 0 aliphatic heterocycles. The second kappa shape index (κ2) is 5.60. The Morgan fingerprint density at radius 1 is 1.24 bits per heavy atom. The molecule has 4 nitrogen and oxygen atoms in total. The average molecular weight is 338 g/mol. The highest BCUT2D eigenvalue weighted by Gasteiger charge is 2.15. The highest BCUT2D eigenvalue weighted by molar-refractivity contribution is 7.22. The van der Waals surface area contributed by atoms with Crippen LogP contribution in [0.3, 0.4) is 0 Å². The molecule has 3 aromatic rings. The van der Waals surface area contributed by atoms with Crippen LogP contribution in [-0.4, -0.2) is 15.9 Å². The van der Waals surface area contributed by atoms with E-state index in [1.807, 2.05) is 0 Å². The Morgan fingerprint density at radius 3 is 2.62 bits per heavy atom. The number of thiazole rings is 1. The Kier molecular flexibility index (Phi) is 3.80. The van der Waals surface area contributed by atoms with Crippen LogP contribution in [0.4, 0.5) is 5.82 Å². The van der Waals surface area contributed by atoms with Gasteiger partial charge in [-0.25, -0.2) is 9.97 Å². The first-order valence-corrected chi connectivity index (χ1v) is 7.61. The van der Waals surface area contributed by atoms with E-state index in [2.05, 4.69) is 15.3 Å². The van der Waals surface area contributed by atoms with E-state index in [1.54, 1.807) is 30.5 Å². The van der Waals surface area contributed by atoms with Crippen molar-refractivity contribution in [2.45, 2.75) is 6.92 Å². The first-order valence-electron chi connectivity index (χ1n) is 6.04. The van der Waals surface area contributed by atoms with Crippen molar-refractivity contribution in [2.24, 2.45) is 0 Å². The fourth-order valence-electron chi connectivity index (χ4n) is 1.92. The molecule has 3 rings (SSSR count). The van der Waals surface area contributed by atoms with Crippen LogP contribution in [0.15, 0.2) is 30.5 Å². The zero-order valence-corrected chi connectivity index (χ0v) is 13.2. The van der Waals surface area contributed by atoms with Gasteiger partial charge in [0.15, 0.2) is 5.82 Å². The number of hydrogen-bond acceptors (Lipinski definition) is 4. The fraction of sp³-hybridized carbons (Fsp3) is 0.0714. The van der Waals surface area contributed by atoms with Crippen LogP contribution in [0.5, 0.6) is 0 Å². The molecule has 0 saturated heterocycles. The zero-order valence-electron chi connectivity index (χ0n) is 10.9. The number of nitrogens with zero attached hydrogens (tertiary/aromatic N) is 2. The Morgan fingerprint density at radius 2 is 1.95 bits per heavy atom. The normalized spacial score (nSPS) is 10.8. The van der Waals surface area contributed by atoms with Crippen LogP contribution >= 0.6 is 34.5 Å². The van der Waals surface area contributed by atoms with Crippen molar-refractivity contribution >= 4 is 56.5 Å². The average Bonchev–Trinajstić information content (AvgIpc) is 2.82. The number of halogens is 2. The summed E-state index contributed by atoms with van der Waals surface area (Å²) in [6.07, 6.45) is 1.60. The molecule has 0 unspecified atom stereocenters. The number of nitrogens with one attached hydrogen (secondary N) is 1. The molecule has 0 atom stereocenters. The Labute approximate surface area is 134 Å². The molecule has 0 aliphatic carbocycles. The molecule has 106 valence electrons. The van der Waals surface area contributed by atoms with E-state index in [1.165, 1.54) is 18.3 Å². The summed E-state index contributed by atoms with van der Waals surface area (Å²) in [5.74, 6) is 0.313. The van der Waals surface area contributed by atoms with Gasteiger partial charge in [0.2, 0.25) is 5.91 Å². The van der Waals surface area contributed by atoms with E-state index in [4.69, 9.17) is 23.2 Å². The molecule has 21 heavy (non-hydrogen) atoms. The number of rotatable bonds is 2. The number of carbonyl (C=O) groups is 1. The van der Waals surface area contributed by atoms with Crippen molar-refractivity contribution in [3.63, 3.8) is 0 Å². The third kappa shape index (κ3) is 2.72. The topological polar surface area (TPSA) is 54.9 Å². The van der Waals surface area contributed by atoms with Gasteiger partial charge in [-0.05, 0) is 18.2 Å². The Hall–Kier alpha value is -1.69. The predicted molar refractivity (Wildman–Crippen MR) is 87.2 cm³/mol. The highest BCUT2D eigenvalue weighted by atomic mass is 35.5. The SMILES string of the molecule is CC(=O)Nc1nccc2nc(-c3c(Cl)cccc3Cl)sc12. The number of fused-ring (bicyclic) bond motifs is 1. The second-order valence-electron chi connectivity index (χ2n) is 4.30. The van der Waals surface area contributed by atoms with Crippen LogP contribution in [0.2, 0.25) is 10.0 Å². The van der Waals surface area contributed by atoms with Gasteiger partial charge in [-0.15, -0.1) is 11.3 Å². The smallest absolute Gasteiger partial charge is 0.222 e. The van der Waals surface area contributed by atoms with Gasteiger partial charge in [-0.2, -0.15) is 0 Å². The molecule has 0 fully saturated rings. The van der Waals surface area contributed by atoms with E-state index in [9.17, 15) is 4.79 Å². The van der Waals surface area contributed by atoms with Gasteiger partial charge >= 0.3 is 0 Å². The lowest BCUT2D eigenvalue weighted by Crippen LogP contribution is -2.07. The molecule has 0 aliphatic rings. The quantitative estimate of drug-likeness (QED) is 0.741. The fourth-order valence-corrected chi connectivity index (χ4v) is 3.69. The predicted octanol–water partition coefficient (Wildman–Crippen LogP) is 4.62. The molecule has 2 heterocycles. The first kappa shape index (κ1) is 14.3. The van der Waals surface area contributed by atoms with Gasteiger partial charge in [-0.3, -0.25) is 4.79 Å². The lowest BCUT2D eigenvalue weighted by atomic mass is 10.2. The third-order valence-corrected chi connectivity index (χ3v) is 4.50. The van der Waals surface area contributed by atoms with Gasteiger partial charge < -0.3 is 5.32 Å². The van der Waals surface area contributed by atoms with Crippen LogP contribution in [0, 0.1) is 0 Å². The maximum atomic E-state index is 11.2. The van der Waals surface area contributed by atoms with Gasteiger partial charge in [0.25, 0.3) is 0 Å².